The van der Waals surface area contributed by atoms with Gasteiger partial charge in [0.15, 0.2) is 11.9 Å². The number of nitrogens with zero attached hydrogens (tertiary/aromatic N) is 7. The van der Waals surface area contributed by atoms with E-state index in [1.807, 2.05) is 6.07 Å². The Morgan fingerprint density at radius 1 is 1.21 bits per heavy atom. The maximum absolute atomic E-state index is 13.2. The minimum Gasteiger partial charge on any atom is -0.351 e. The molecule has 34 heavy (non-hydrogen) atoms. The third kappa shape index (κ3) is 4.99. The molecule has 1 N–H and O–H groups in total. The summed E-state index contributed by atoms with van der Waals surface area (Å²) in [4.78, 5) is 17.7. The smallest absolute Gasteiger partial charge is 0.308 e. The second-order valence-corrected chi connectivity index (χ2v) is 10.4. The van der Waals surface area contributed by atoms with Gasteiger partial charge in [-0.15, -0.1) is 4.18 Å². The van der Waals surface area contributed by atoms with Gasteiger partial charge in [-0.25, -0.2) is 28.2 Å². The van der Waals surface area contributed by atoms with Gasteiger partial charge in [0, 0.05) is 30.7 Å². The number of anilines is 1. The van der Waals surface area contributed by atoms with E-state index in [4.69, 9.17) is 4.18 Å². The van der Waals surface area contributed by atoms with Crippen LogP contribution in [-0.2, 0) is 15.6 Å². The average Bonchev–Trinajstić information content (AvgIpc) is 3.20. The number of halogens is 2. The zero-order chi connectivity index (χ0) is 24.6. The second-order valence-electron chi connectivity index (χ2n) is 9.31. The van der Waals surface area contributed by atoms with Crippen molar-refractivity contribution in [3.63, 3.8) is 0 Å². The summed E-state index contributed by atoms with van der Waals surface area (Å²) >= 11 is -1.11. The van der Waals surface area contributed by atoms with E-state index in [9.17, 15) is 13.3 Å². The monoisotopic (exact) mass is 494 g/mol. The number of alkyl halides is 2. The Bertz CT molecular complexity index is 1140. The number of fused-ring (bicyclic) bond motifs is 1. The molecule has 0 bridgehead atoms. The molecule has 1 saturated heterocycles. The van der Waals surface area contributed by atoms with Gasteiger partial charge in [-0.05, 0) is 39.8 Å². The standard InChI is InChI=1S/C22H30F2N7O2S/c1-14-18(12-33-34(5)32)30(22(2,3)4)9-8-29(14)20-10-16(26-13-27-20)17-11-25-19-7-6-15(21(23)24)28-31(17)19/h6-7,10-11,13-14,18,21,32H,8-9,12H2,1-5H3/q+1. The molecular formula is C22H30F2N7O2S+. The average molecular weight is 495 g/mol. The molecule has 3 aromatic heterocycles. The highest BCUT2D eigenvalue weighted by Crippen LogP contribution is 2.30. The summed E-state index contributed by atoms with van der Waals surface area (Å²) < 4.78 is 43.1. The normalized spacial score (nSPS) is 20.9. The number of aromatic nitrogens is 5. The second kappa shape index (κ2) is 9.68. The molecule has 0 aromatic carbocycles. The highest BCUT2D eigenvalue weighted by Gasteiger charge is 2.40. The fourth-order valence-corrected chi connectivity index (χ4v) is 4.77. The summed E-state index contributed by atoms with van der Waals surface area (Å²) in [5.41, 5.74) is 1.12. The fourth-order valence-electron chi connectivity index (χ4n) is 4.43. The Morgan fingerprint density at radius 2 is 1.97 bits per heavy atom. The van der Waals surface area contributed by atoms with Gasteiger partial charge in [-0.3, -0.25) is 4.90 Å². The topological polar surface area (TPSA) is 91.9 Å². The third-order valence-electron chi connectivity index (χ3n) is 6.12. The molecule has 4 rings (SSSR count). The van der Waals surface area contributed by atoms with Crippen LogP contribution in [0, 0.1) is 0 Å². The van der Waals surface area contributed by atoms with Gasteiger partial charge in [0.2, 0.25) is 0 Å². The zero-order valence-electron chi connectivity index (χ0n) is 19.9. The van der Waals surface area contributed by atoms with E-state index < -0.39 is 17.9 Å². The molecule has 3 atom stereocenters. The van der Waals surface area contributed by atoms with Gasteiger partial charge < -0.3 is 4.90 Å². The van der Waals surface area contributed by atoms with Crippen LogP contribution in [0.25, 0.3) is 17.0 Å². The van der Waals surface area contributed by atoms with Crippen LogP contribution in [0.15, 0.2) is 30.7 Å². The van der Waals surface area contributed by atoms with Gasteiger partial charge >= 0.3 is 11.5 Å². The predicted molar refractivity (Wildman–Crippen MR) is 128 cm³/mol. The van der Waals surface area contributed by atoms with E-state index in [1.165, 1.54) is 23.0 Å². The van der Waals surface area contributed by atoms with Gasteiger partial charge in [0.05, 0.1) is 17.9 Å². The lowest BCUT2D eigenvalue weighted by atomic mass is 9.95. The molecule has 0 amide bonds. The quantitative estimate of drug-likeness (QED) is 0.521. The van der Waals surface area contributed by atoms with Gasteiger partial charge in [-0.1, -0.05) is 0 Å². The largest absolute Gasteiger partial charge is 0.351 e. The van der Waals surface area contributed by atoms with E-state index in [0.29, 0.717) is 23.6 Å². The Balaban J connectivity index is 1.66. The van der Waals surface area contributed by atoms with Crippen LogP contribution in [0.2, 0.25) is 0 Å². The predicted octanol–water partition coefficient (Wildman–Crippen LogP) is 3.45. The van der Waals surface area contributed by atoms with Crippen molar-refractivity contribution in [1.29, 1.82) is 0 Å². The van der Waals surface area contributed by atoms with Gasteiger partial charge in [0.1, 0.15) is 30.1 Å². The van der Waals surface area contributed by atoms with Crippen molar-refractivity contribution in [3.05, 3.63) is 36.4 Å². The molecule has 0 aliphatic carbocycles. The molecule has 0 saturated carbocycles. The summed E-state index contributed by atoms with van der Waals surface area (Å²) in [6, 6.07) is 4.68. The van der Waals surface area contributed by atoms with Gasteiger partial charge in [0.25, 0.3) is 6.43 Å². The van der Waals surface area contributed by atoms with Crippen LogP contribution in [0.4, 0.5) is 14.6 Å². The SMILES string of the molecule is CC1C(CO[S+](C)O)N(C(C)(C)C)CCN1c1cc(-c2cnc3ccc(C(F)F)nn23)ncn1. The van der Waals surface area contributed by atoms with Crippen LogP contribution < -0.4 is 4.90 Å². The molecule has 9 nitrogen and oxygen atoms in total. The van der Waals surface area contributed by atoms with Crippen molar-refractivity contribution < 1.29 is 17.5 Å². The molecule has 3 unspecified atom stereocenters. The van der Waals surface area contributed by atoms with E-state index >= 15 is 0 Å². The number of piperazine rings is 1. The molecule has 4 heterocycles. The summed E-state index contributed by atoms with van der Waals surface area (Å²) in [7, 11) is 0. The van der Waals surface area contributed by atoms with E-state index in [2.05, 4.69) is 57.5 Å². The lowest BCUT2D eigenvalue weighted by Gasteiger charge is -2.51. The Kier molecular flexibility index (Phi) is 7.04. The number of rotatable bonds is 6. The summed E-state index contributed by atoms with van der Waals surface area (Å²) in [6.07, 6.45) is 1.99. The zero-order valence-corrected chi connectivity index (χ0v) is 20.7. The van der Waals surface area contributed by atoms with Crippen LogP contribution in [0.1, 0.15) is 39.8 Å². The molecule has 1 aliphatic heterocycles. The van der Waals surface area contributed by atoms with Gasteiger partial charge in [-0.2, -0.15) is 9.65 Å². The maximum Gasteiger partial charge on any atom is 0.308 e. The minimum absolute atomic E-state index is 0.0281. The fraction of sp³-hybridized carbons (Fsp3) is 0.545. The molecule has 3 aromatic rings. The first-order valence-corrected chi connectivity index (χ1v) is 12.5. The summed E-state index contributed by atoms with van der Waals surface area (Å²) in [6.45, 7) is 10.5. The molecule has 184 valence electrons. The first-order valence-electron chi connectivity index (χ1n) is 11.0. The van der Waals surface area contributed by atoms with Crippen LogP contribution in [-0.4, -0.2) is 77.6 Å². The molecule has 0 radical (unpaired) electrons. The first kappa shape index (κ1) is 24.7. The van der Waals surface area contributed by atoms with Crippen molar-refractivity contribution in [3.8, 4) is 11.4 Å². The first-order chi connectivity index (χ1) is 16.1. The molecule has 12 heteroatoms. The molecule has 0 spiro atoms. The van der Waals surface area contributed by atoms with E-state index in [1.54, 1.807) is 12.5 Å². The number of imidazole rings is 1. The van der Waals surface area contributed by atoms with Crippen molar-refractivity contribution in [2.75, 3.05) is 30.9 Å². The van der Waals surface area contributed by atoms with Crippen molar-refractivity contribution in [2.24, 2.45) is 0 Å². The number of hydrogen-bond acceptors (Lipinski definition) is 8. The number of hydrogen-bond donors (Lipinski definition) is 1. The van der Waals surface area contributed by atoms with Crippen LogP contribution >= 0.6 is 0 Å². The lowest BCUT2D eigenvalue weighted by Crippen LogP contribution is -2.65. The van der Waals surface area contributed by atoms with Crippen molar-refractivity contribution in [1.82, 2.24) is 29.5 Å². The highest BCUT2D eigenvalue weighted by atomic mass is 32.2. The van der Waals surface area contributed by atoms with Crippen LogP contribution in [0.3, 0.4) is 0 Å². The summed E-state index contributed by atoms with van der Waals surface area (Å²) in [5, 5.41) is 4.04. The Hall–Kier alpha value is -2.41. The lowest BCUT2D eigenvalue weighted by molar-refractivity contribution is 0.0262. The Morgan fingerprint density at radius 3 is 2.65 bits per heavy atom. The summed E-state index contributed by atoms with van der Waals surface area (Å²) in [5.74, 6) is 0.718. The highest BCUT2D eigenvalue weighted by molar-refractivity contribution is 7.86. The van der Waals surface area contributed by atoms with E-state index in [-0.39, 0.29) is 23.3 Å². The van der Waals surface area contributed by atoms with Crippen molar-refractivity contribution in [2.45, 2.75) is 51.7 Å². The molecule has 1 fully saturated rings. The van der Waals surface area contributed by atoms with Crippen molar-refractivity contribution >= 4 is 22.9 Å². The third-order valence-corrected chi connectivity index (χ3v) is 6.59. The van der Waals surface area contributed by atoms with E-state index in [0.717, 1.165) is 18.9 Å². The van der Waals surface area contributed by atoms with Crippen LogP contribution in [0.5, 0.6) is 0 Å². The minimum atomic E-state index is -2.68. The molecular weight excluding hydrogens is 464 g/mol. The molecule has 1 aliphatic rings. The maximum atomic E-state index is 13.2. The Labute approximate surface area is 200 Å².